The van der Waals surface area contributed by atoms with Crippen molar-refractivity contribution in [3.63, 3.8) is 0 Å². The first-order valence-corrected chi connectivity index (χ1v) is 19.7. The molecule has 2 nitrogen and oxygen atoms in total. The Morgan fingerprint density at radius 3 is 1.80 bits per heavy atom. The summed E-state index contributed by atoms with van der Waals surface area (Å²) in [5.41, 5.74) is 17.2. The molecule has 2 aliphatic rings. The minimum absolute atomic E-state index is 0.115. The van der Waals surface area contributed by atoms with E-state index >= 15 is 0 Å². The first kappa shape index (κ1) is 32.3. The molecule has 0 N–H and O–H groups in total. The normalized spacial score (nSPS) is 14.8. The Bertz CT molecular complexity index is 3060. The molecule has 8 aromatic carbocycles. The zero-order chi connectivity index (χ0) is 37.4. The molecule has 0 atom stereocenters. The molecule has 55 heavy (non-hydrogen) atoms. The lowest BCUT2D eigenvalue weighted by Gasteiger charge is -2.30. The molecule has 0 saturated carbocycles. The van der Waals surface area contributed by atoms with Crippen LogP contribution in [0.5, 0.6) is 0 Å². The van der Waals surface area contributed by atoms with E-state index in [1.807, 2.05) is 0 Å². The molecule has 0 aliphatic heterocycles. The van der Waals surface area contributed by atoms with Gasteiger partial charge in [0.25, 0.3) is 0 Å². The van der Waals surface area contributed by atoms with E-state index in [4.69, 9.17) is 4.42 Å². The molecule has 1 aromatic heterocycles. The third-order valence-electron chi connectivity index (χ3n) is 13.0. The van der Waals surface area contributed by atoms with Crippen LogP contribution in [-0.2, 0) is 10.8 Å². The van der Waals surface area contributed by atoms with E-state index in [2.05, 4.69) is 192 Å². The largest absolute Gasteiger partial charge is 0.454 e. The summed E-state index contributed by atoms with van der Waals surface area (Å²) >= 11 is 0. The van der Waals surface area contributed by atoms with E-state index < -0.39 is 0 Å². The summed E-state index contributed by atoms with van der Waals surface area (Å²) < 4.78 is 6.75. The second kappa shape index (κ2) is 11.2. The quantitative estimate of drug-likeness (QED) is 0.181. The molecular weight excluding hydrogens is 667 g/mol. The predicted molar refractivity (Wildman–Crippen MR) is 233 cm³/mol. The van der Waals surface area contributed by atoms with Crippen molar-refractivity contribution in [3.05, 3.63) is 173 Å². The maximum absolute atomic E-state index is 6.75. The Morgan fingerprint density at radius 2 is 1.07 bits per heavy atom. The number of rotatable bonds is 4. The topological polar surface area (TPSA) is 16.4 Å². The molecule has 0 unspecified atom stereocenters. The van der Waals surface area contributed by atoms with Gasteiger partial charge in [-0.25, -0.2) is 0 Å². The summed E-state index contributed by atoms with van der Waals surface area (Å²) in [5, 5.41) is 7.40. The summed E-state index contributed by atoms with van der Waals surface area (Å²) in [4.78, 5) is 2.45. The fraction of sp³-hybridized carbons (Fsp3) is 0.170. The Morgan fingerprint density at radius 1 is 0.473 bits per heavy atom. The number of hydrogen-bond acceptors (Lipinski definition) is 2. The number of nitrogens with zero attached hydrogens (tertiary/aromatic N) is 1. The molecule has 0 radical (unpaired) electrons. The average Bonchev–Trinajstić information content (AvgIpc) is 3.77. The summed E-state index contributed by atoms with van der Waals surface area (Å²) in [5.74, 6) is 0.443. The number of furan rings is 1. The fourth-order valence-corrected chi connectivity index (χ4v) is 10.1. The van der Waals surface area contributed by atoms with Crippen molar-refractivity contribution in [2.45, 2.75) is 58.3 Å². The van der Waals surface area contributed by atoms with Crippen LogP contribution in [0.4, 0.5) is 17.1 Å². The predicted octanol–water partition coefficient (Wildman–Crippen LogP) is 15.1. The van der Waals surface area contributed by atoms with Crippen LogP contribution in [0.3, 0.4) is 0 Å². The molecule has 0 bridgehead atoms. The van der Waals surface area contributed by atoms with E-state index in [1.54, 1.807) is 0 Å². The highest BCUT2D eigenvalue weighted by molar-refractivity contribution is 6.14. The number of fused-ring (bicyclic) bond motifs is 13. The van der Waals surface area contributed by atoms with Gasteiger partial charge in [0.15, 0.2) is 5.58 Å². The van der Waals surface area contributed by atoms with Crippen LogP contribution < -0.4 is 4.90 Å². The van der Waals surface area contributed by atoms with Gasteiger partial charge in [-0.2, -0.15) is 0 Å². The zero-order valence-electron chi connectivity index (χ0n) is 32.3. The fourth-order valence-electron chi connectivity index (χ4n) is 10.1. The van der Waals surface area contributed by atoms with Crippen molar-refractivity contribution >= 4 is 60.5 Å². The molecule has 11 rings (SSSR count). The van der Waals surface area contributed by atoms with Gasteiger partial charge < -0.3 is 9.32 Å². The Kier molecular flexibility index (Phi) is 6.59. The third-order valence-corrected chi connectivity index (χ3v) is 13.0. The van der Waals surface area contributed by atoms with Crippen LogP contribution in [0.25, 0.3) is 65.7 Å². The van der Waals surface area contributed by atoms with Crippen molar-refractivity contribution in [2.75, 3.05) is 4.90 Å². The van der Waals surface area contributed by atoms with E-state index in [0.29, 0.717) is 5.92 Å². The van der Waals surface area contributed by atoms with Crippen LogP contribution in [0, 0.1) is 0 Å². The Hall–Kier alpha value is -6.12. The summed E-state index contributed by atoms with van der Waals surface area (Å²) in [6, 6.07) is 54.3. The van der Waals surface area contributed by atoms with Crippen molar-refractivity contribution in [3.8, 4) is 22.3 Å². The zero-order valence-corrected chi connectivity index (χ0v) is 32.3. The van der Waals surface area contributed by atoms with Crippen molar-refractivity contribution in [2.24, 2.45) is 0 Å². The van der Waals surface area contributed by atoms with Crippen LogP contribution in [0.1, 0.15) is 75.3 Å². The Balaban J connectivity index is 1.19. The second-order valence-corrected chi connectivity index (χ2v) is 17.1. The van der Waals surface area contributed by atoms with Crippen LogP contribution >= 0.6 is 0 Å². The number of benzene rings is 8. The van der Waals surface area contributed by atoms with Crippen molar-refractivity contribution < 1.29 is 4.42 Å². The van der Waals surface area contributed by atoms with Gasteiger partial charge in [0.1, 0.15) is 5.58 Å². The highest BCUT2D eigenvalue weighted by Crippen LogP contribution is 2.60. The van der Waals surface area contributed by atoms with Gasteiger partial charge in [0.05, 0.1) is 11.4 Å². The van der Waals surface area contributed by atoms with Crippen LogP contribution in [-0.4, -0.2) is 0 Å². The molecule has 0 amide bonds. The third kappa shape index (κ3) is 4.37. The molecule has 0 saturated heterocycles. The molecule has 0 fully saturated rings. The molecule has 266 valence electrons. The highest BCUT2D eigenvalue weighted by atomic mass is 16.3. The van der Waals surface area contributed by atoms with E-state index in [0.717, 1.165) is 39.0 Å². The van der Waals surface area contributed by atoms with E-state index in [-0.39, 0.29) is 10.8 Å². The molecular formula is C53H43NO. The molecule has 0 spiro atoms. The molecule has 9 aromatic rings. The van der Waals surface area contributed by atoms with Crippen LogP contribution in [0.15, 0.2) is 150 Å². The van der Waals surface area contributed by atoms with Gasteiger partial charge >= 0.3 is 0 Å². The van der Waals surface area contributed by atoms with Gasteiger partial charge in [-0.1, -0.05) is 145 Å². The van der Waals surface area contributed by atoms with Crippen LogP contribution in [0.2, 0.25) is 0 Å². The average molecular weight is 710 g/mol. The standard InChI is InChI=1S/C53H43NO/c1-31(2)32-22-25-34(26-23-32)54(46-20-13-19-39-37-17-11-12-21-48(37)55-51(39)46)47-30-45-50(38-18-10-9-16-36(38)47)41-29-43-40(28-44(41)53(45,5)6)49-35-15-8-7-14-33(35)24-27-42(49)52(43,3)4/h7-31H,1-6H3. The highest BCUT2D eigenvalue weighted by Gasteiger charge is 2.43. The Labute approximate surface area is 322 Å². The molecule has 1 heterocycles. The summed E-state index contributed by atoms with van der Waals surface area (Å²) in [7, 11) is 0. The lowest BCUT2D eigenvalue weighted by atomic mass is 9.79. The van der Waals surface area contributed by atoms with Gasteiger partial charge in [-0.15, -0.1) is 0 Å². The smallest absolute Gasteiger partial charge is 0.159 e. The van der Waals surface area contributed by atoms with Gasteiger partial charge in [0.2, 0.25) is 0 Å². The minimum Gasteiger partial charge on any atom is -0.454 e. The number of para-hydroxylation sites is 2. The minimum atomic E-state index is -0.242. The maximum Gasteiger partial charge on any atom is 0.159 e. The SMILES string of the molecule is CC(C)c1ccc(N(c2cc3c(c4ccccc24)-c2cc4c(cc2C3(C)C)-c2c(ccc3ccccc23)C4(C)C)c2cccc3c2oc2ccccc23)cc1. The van der Waals surface area contributed by atoms with Crippen molar-refractivity contribution in [1.29, 1.82) is 0 Å². The lowest BCUT2D eigenvalue weighted by molar-refractivity contribution is 0.652. The number of hydrogen-bond donors (Lipinski definition) is 0. The van der Waals surface area contributed by atoms with Crippen molar-refractivity contribution in [1.82, 2.24) is 0 Å². The monoisotopic (exact) mass is 709 g/mol. The summed E-state index contributed by atoms with van der Waals surface area (Å²) in [6.07, 6.45) is 0. The molecule has 2 aliphatic carbocycles. The summed E-state index contributed by atoms with van der Waals surface area (Å²) in [6.45, 7) is 14.2. The van der Waals surface area contributed by atoms with Gasteiger partial charge in [-0.3, -0.25) is 0 Å². The lowest BCUT2D eigenvalue weighted by Crippen LogP contribution is -2.18. The number of anilines is 3. The molecule has 2 heteroatoms. The second-order valence-electron chi connectivity index (χ2n) is 17.1. The first-order chi connectivity index (χ1) is 26.6. The van der Waals surface area contributed by atoms with E-state index in [1.165, 1.54) is 71.6 Å². The van der Waals surface area contributed by atoms with E-state index in [9.17, 15) is 0 Å². The van der Waals surface area contributed by atoms with Gasteiger partial charge in [0, 0.05) is 32.7 Å². The first-order valence-electron chi connectivity index (χ1n) is 19.7. The van der Waals surface area contributed by atoms with Gasteiger partial charge in [-0.05, 0) is 115 Å². The maximum atomic E-state index is 6.75.